The average molecular weight is 184 g/mol. The van der Waals surface area contributed by atoms with Crippen LogP contribution in [0.2, 0.25) is 0 Å². The van der Waals surface area contributed by atoms with Crippen LogP contribution < -0.4 is 4.74 Å². The summed E-state index contributed by atoms with van der Waals surface area (Å²) in [4.78, 5) is 10.8. The van der Waals surface area contributed by atoms with Gasteiger partial charge in [0.05, 0.1) is 0 Å². The van der Waals surface area contributed by atoms with E-state index >= 15 is 0 Å². The van der Waals surface area contributed by atoms with E-state index in [4.69, 9.17) is 5.11 Å². The molecule has 0 aromatic heterocycles. The predicted octanol–water partition coefficient (Wildman–Crippen LogP) is 1.11. The van der Waals surface area contributed by atoms with Crippen LogP contribution in [0.25, 0.3) is 0 Å². The van der Waals surface area contributed by atoms with Crippen molar-refractivity contribution in [1.82, 2.24) is 0 Å². The number of carbonyl (C=O) groups is 1. The van der Waals surface area contributed by atoms with Crippen LogP contribution in [0, 0.1) is 5.82 Å². The Hall–Kier alpha value is -1.42. The van der Waals surface area contributed by atoms with E-state index in [0.29, 0.717) is 0 Å². The van der Waals surface area contributed by atoms with Gasteiger partial charge in [-0.3, -0.25) is 0 Å². The maximum absolute atomic E-state index is 12.4. The van der Waals surface area contributed by atoms with Gasteiger partial charge in [0.1, 0.15) is 17.7 Å². The molecular formula is C9H9FO3. The Balaban J connectivity index is 2.65. The molecule has 1 N–H and O–H groups in total. The van der Waals surface area contributed by atoms with E-state index in [1.165, 1.54) is 31.2 Å². The smallest absolute Gasteiger partial charge is 0.340 e. The summed E-state index contributed by atoms with van der Waals surface area (Å²) in [6.07, 6.45) is -1.18. The third kappa shape index (κ3) is 2.83. The van der Waals surface area contributed by atoms with E-state index in [-0.39, 0.29) is 5.75 Å². The van der Waals surface area contributed by atoms with Crippen molar-refractivity contribution in [2.45, 2.75) is 13.0 Å². The zero-order chi connectivity index (χ0) is 9.84. The molecule has 1 atom stereocenters. The number of hydrogen-bond donors (Lipinski definition) is 1. The third-order valence-electron chi connectivity index (χ3n) is 1.37. The van der Waals surface area contributed by atoms with Crippen LogP contribution >= 0.6 is 0 Å². The first-order valence-corrected chi connectivity index (χ1v) is 3.75. The van der Waals surface area contributed by atoms with Crippen LogP contribution in [0.3, 0.4) is 0 Å². The number of benzene rings is 1. The molecule has 1 rings (SSSR count). The minimum absolute atomic E-state index is 0.215. The van der Waals surface area contributed by atoms with Crippen molar-refractivity contribution in [1.29, 1.82) is 0 Å². The van der Waals surface area contributed by atoms with Crippen LogP contribution in [0.5, 0.6) is 5.75 Å². The molecule has 0 radical (unpaired) electrons. The van der Waals surface area contributed by atoms with Crippen molar-refractivity contribution in [3.63, 3.8) is 0 Å². The highest BCUT2D eigenvalue weighted by molar-refractivity contribution is 5.76. The van der Waals surface area contributed by atoms with E-state index in [2.05, 4.69) is 4.74 Å². The predicted molar refractivity (Wildman–Crippen MR) is 43.7 cm³/mol. The number of carbonyl (C=O) groups excluding carboxylic acids is 1. The van der Waals surface area contributed by atoms with E-state index in [1.54, 1.807) is 0 Å². The summed E-state index contributed by atoms with van der Waals surface area (Å²) < 4.78 is 17.1. The molecule has 0 saturated carbocycles. The first-order chi connectivity index (χ1) is 6.09. The molecule has 0 bridgehead atoms. The molecular weight excluding hydrogens is 175 g/mol. The Morgan fingerprint density at radius 1 is 1.46 bits per heavy atom. The van der Waals surface area contributed by atoms with Crippen LogP contribution in [-0.2, 0) is 4.79 Å². The second-order valence-electron chi connectivity index (χ2n) is 2.55. The lowest BCUT2D eigenvalue weighted by atomic mass is 10.3. The van der Waals surface area contributed by atoms with Gasteiger partial charge in [-0.25, -0.2) is 9.18 Å². The number of rotatable bonds is 2. The number of hydrogen-bond acceptors (Lipinski definition) is 3. The lowest BCUT2D eigenvalue weighted by Crippen LogP contribution is -2.22. The SMILES string of the molecule is CC(O)C(=O)Oc1ccc(F)cc1. The van der Waals surface area contributed by atoms with Crippen LogP contribution in [0.4, 0.5) is 4.39 Å². The summed E-state index contributed by atoms with van der Waals surface area (Å²) in [5, 5.41) is 8.79. The number of aliphatic hydroxyl groups is 1. The van der Waals surface area contributed by atoms with Crippen molar-refractivity contribution in [2.75, 3.05) is 0 Å². The maximum Gasteiger partial charge on any atom is 0.340 e. The van der Waals surface area contributed by atoms with E-state index in [1.807, 2.05) is 0 Å². The van der Waals surface area contributed by atoms with Gasteiger partial charge in [0, 0.05) is 0 Å². The van der Waals surface area contributed by atoms with Gasteiger partial charge in [-0.05, 0) is 31.2 Å². The Morgan fingerprint density at radius 2 is 2.00 bits per heavy atom. The minimum Gasteiger partial charge on any atom is -0.425 e. The monoisotopic (exact) mass is 184 g/mol. The number of aliphatic hydroxyl groups excluding tert-OH is 1. The van der Waals surface area contributed by atoms with Crippen LogP contribution in [-0.4, -0.2) is 17.2 Å². The van der Waals surface area contributed by atoms with E-state index in [0.717, 1.165) is 0 Å². The summed E-state index contributed by atoms with van der Waals surface area (Å²) in [5.41, 5.74) is 0. The number of halogens is 1. The molecule has 0 fully saturated rings. The van der Waals surface area contributed by atoms with Crippen molar-refractivity contribution in [3.8, 4) is 5.75 Å². The van der Waals surface area contributed by atoms with Gasteiger partial charge in [0.15, 0.2) is 0 Å². The summed E-state index contributed by atoms with van der Waals surface area (Å²) in [6, 6.07) is 4.97. The summed E-state index contributed by atoms with van der Waals surface area (Å²) in [6.45, 7) is 1.30. The highest BCUT2D eigenvalue weighted by Gasteiger charge is 2.10. The van der Waals surface area contributed by atoms with Crippen LogP contribution in [0.1, 0.15) is 6.92 Å². The van der Waals surface area contributed by atoms with Gasteiger partial charge in [0.25, 0.3) is 0 Å². The highest BCUT2D eigenvalue weighted by atomic mass is 19.1. The van der Waals surface area contributed by atoms with Crippen molar-refractivity contribution >= 4 is 5.97 Å². The second-order valence-corrected chi connectivity index (χ2v) is 2.55. The summed E-state index contributed by atoms with van der Waals surface area (Å²) in [7, 11) is 0. The summed E-state index contributed by atoms with van der Waals surface area (Å²) >= 11 is 0. The fourth-order valence-electron chi connectivity index (χ4n) is 0.704. The van der Waals surface area contributed by atoms with Crippen molar-refractivity contribution in [3.05, 3.63) is 30.1 Å². The Morgan fingerprint density at radius 3 is 2.46 bits per heavy atom. The van der Waals surface area contributed by atoms with Crippen LogP contribution in [0.15, 0.2) is 24.3 Å². The standard InChI is InChI=1S/C9H9FO3/c1-6(11)9(12)13-8-4-2-7(10)3-5-8/h2-6,11H,1H3. The van der Waals surface area contributed by atoms with Crippen molar-refractivity contribution < 1.29 is 19.0 Å². The molecule has 4 heteroatoms. The molecule has 1 unspecified atom stereocenters. The Bertz CT molecular complexity index is 292. The van der Waals surface area contributed by atoms with Gasteiger partial charge in [-0.15, -0.1) is 0 Å². The maximum atomic E-state index is 12.4. The highest BCUT2D eigenvalue weighted by Crippen LogP contribution is 2.11. The lowest BCUT2D eigenvalue weighted by Gasteiger charge is -2.04. The topological polar surface area (TPSA) is 46.5 Å². The molecule has 0 amide bonds. The number of ether oxygens (including phenoxy) is 1. The fourth-order valence-corrected chi connectivity index (χ4v) is 0.704. The largest absolute Gasteiger partial charge is 0.425 e. The Kier molecular flexibility index (Phi) is 2.97. The third-order valence-corrected chi connectivity index (χ3v) is 1.37. The second kappa shape index (κ2) is 4.00. The van der Waals surface area contributed by atoms with Gasteiger partial charge in [0.2, 0.25) is 0 Å². The van der Waals surface area contributed by atoms with Gasteiger partial charge >= 0.3 is 5.97 Å². The molecule has 0 aliphatic carbocycles. The normalized spacial score (nSPS) is 12.2. The zero-order valence-electron chi connectivity index (χ0n) is 7.03. The first-order valence-electron chi connectivity index (χ1n) is 3.75. The molecule has 0 saturated heterocycles. The zero-order valence-corrected chi connectivity index (χ0v) is 7.03. The van der Waals surface area contributed by atoms with E-state index < -0.39 is 17.9 Å². The lowest BCUT2D eigenvalue weighted by molar-refractivity contribution is -0.142. The molecule has 0 aliphatic heterocycles. The Labute approximate surface area is 74.8 Å². The molecule has 13 heavy (non-hydrogen) atoms. The van der Waals surface area contributed by atoms with Gasteiger partial charge in [-0.1, -0.05) is 0 Å². The van der Waals surface area contributed by atoms with Gasteiger partial charge < -0.3 is 9.84 Å². The quantitative estimate of drug-likeness (QED) is 0.553. The molecule has 3 nitrogen and oxygen atoms in total. The molecule has 0 spiro atoms. The first kappa shape index (κ1) is 9.67. The average Bonchev–Trinajstić information content (AvgIpc) is 2.08. The number of esters is 1. The fraction of sp³-hybridized carbons (Fsp3) is 0.222. The molecule has 1 aromatic rings. The van der Waals surface area contributed by atoms with Gasteiger partial charge in [-0.2, -0.15) is 0 Å². The summed E-state index contributed by atoms with van der Waals surface area (Å²) in [5.74, 6) is -0.948. The molecule has 0 heterocycles. The van der Waals surface area contributed by atoms with Crippen molar-refractivity contribution in [2.24, 2.45) is 0 Å². The minimum atomic E-state index is -1.18. The molecule has 0 aliphatic rings. The van der Waals surface area contributed by atoms with E-state index in [9.17, 15) is 9.18 Å². The molecule has 1 aromatic carbocycles. The molecule has 70 valence electrons.